The Labute approximate surface area is 153 Å². The summed E-state index contributed by atoms with van der Waals surface area (Å²) in [7, 11) is 0. The third kappa shape index (κ3) is 2.60. The molecular weight excluding hydrogens is 347 g/mol. The van der Waals surface area contributed by atoms with Crippen LogP contribution in [0.3, 0.4) is 0 Å². The van der Waals surface area contributed by atoms with Crippen molar-refractivity contribution in [2.75, 3.05) is 13.1 Å². The molecule has 27 heavy (non-hydrogen) atoms. The van der Waals surface area contributed by atoms with Crippen LogP contribution in [0.1, 0.15) is 18.2 Å². The largest absolute Gasteiger partial charge is 0.315 e. The number of hydrogen-bond donors (Lipinski definition) is 1. The summed E-state index contributed by atoms with van der Waals surface area (Å²) < 4.78 is 17.7. The number of imidazole rings is 1. The molecule has 1 aliphatic heterocycles. The van der Waals surface area contributed by atoms with Crippen molar-refractivity contribution >= 4 is 16.6 Å². The minimum absolute atomic E-state index is 0.0976. The number of pyridine rings is 2. The molecule has 0 bridgehead atoms. The molecular formula is C19H17FN6O. The van der Waals surface area contributed by atoms with Crippen LogP contribution in [0.4, 0.5) is 4.39 Å². The second-order valence-corrected chi connectivity index (χ2v) is 6.86. The second-order valence-electron chi connectivity index (χ2n) is 6.86. The van der Waals surface area contributed by atoms with Gasteiger partial charge in [-0.3, -0.25) is 4.79 Å². The Hall–Kier alpha value is -3.13. The van der Waals surface area contributed by atoms with Gasteiger partial charge in [0, 0.05) is 36.9 Å². The molecule has 8 heteroatoms. The summed E-state index contributed by atoms with van der Waals surface area (Å²) in [4.78, 5) is 25.7. The smallest absolute Gasteiger partial charge is 0.261 e. The number of aryl methyl sites for hydroxylation is 1. The van der Waals surface area contributed by atoms with E-state index in [1.54, 1.807) is 27.6 Å². The van der Waals surface area contributed by atoms with Crippen molar-refractivity contribution < 1.29 is 4.39 Å². The normalized spacial score (nSPS) is 17.2. The lowest BCUT2D eigenvalue weighted by atomic mass is 10.2. The molecule has 4 aromatic heterocycles. The number of nitrogens with one attached hydrogen (secondary N) is 1. The van der Waals surface area contributed by atoms with Crippen molar-refractivity contribution in [1.29, 1.82) is 0 Å². The Balaban J connectivity index is 1.62. The summed E-state index contributed by atoms with van der Waals surface area (Å²) in [5.74, 6) is -0.0669. The van der Waals surface area contributed by atoms with Gasteiger partial charge in [-0.1, -0.05) is 0 Å². The number of fused-ring (bicyclic) bond motifs is 2. The van der Waals surface area contributed by atoms with Gasteiger partial charge in [-0.25, -0.2) is 19.3 Å². The van der Waals surface area contributed by atoms with Crippen LogP contribution in [0, 0.1) is 12.7 Å². The molecule has 4 aromatic rings. The molecule has 5 heterocycles. The van der Waals surface area contributed by atoms with Crippen LogP contribution in [-0.2, 0) is 0 Å². The maximum absolute atomic E-state index is 14.4. The lowest BCUT2D eigenvalue weighted by molar-refractivity contribution is 0.532. The first kappa shape index (κ1) is 16.1. The molecule has 0 aliphatic carbocycles. The number of hydrogen-bond acceptors (Lipinski definition) is 5. The lowest BCUT2D eigenvalue weighted by Gasteiger charge is -2.13. The number of halogens is 1. The zero-order valence-corrected chi connectivity index (χ0v) is 14.7. The van der Waals surface area contributed by atoms with E-state index in [0.717, 1.165) is 25.2 Å². The predicted octanol–water partition coefficient (Wildman–Crippen LogP) is 2.09. The molecule has 1 aliphatic rings. The van der Waals surface area contributed by atoms with Crippen molar-refractivity contribution in [2.24, 2.45) is 0 Å². The first-order valence-corrected chi connectivity index (χ1v) is 8.84. The summed E-state index contributed by atoms with van der Waals surface area (Å²) >= 11 is 0. The first-order chi connectivity index (χ1) is 13.1. The molecule has 0 aromatic carbocycles. The third-order valence-corrected chi connectivity index (χ3v) is 4.99. The van der Waals surface area contributed by atoms with Crippen LogP contribution >= 0.6 is 0 Å². The summed E-state index contributed by atoms with van der Waals surface area (Å²) in [5, 5.41) is 3.73. The maximum Gasteiger partial charge on any atom is 0.261 e. The van der Waals surface area contributed by atoms with Crippen LogP contribution in [0.15, 0.2) is 41.7 Å². The van der Waals surface area contributed by atoms with Crippen LogP contribution in [0.5, 0.6) is 0 Å². The van der Waals surface area contributed by atoms with E-state index in [-0.39, 0.29) is 17.2 Å². The molecule has 1 saturated heterocycles. The highest BCUT2D eigenvalue weighted by molar-refractivity contribution is 5.78. The molecule has 0 spiro atoms. The molecule has 0 unspecified atom stereocenters. The summed E-state index contributed by atoms with van der Waals surface area (Å²) in [6, 6.07) is 3.34. The highest BCUT2D eigenvalue weighted by Crippen LogP contribution is 2.21. The molecule has 7 nitrogen and oxygen atoms in total. The quantitative estimate of drug-likeness (QED) is 0.589. The fraction of sp³-hybridized carbons (Fsp3) is 0.263. The van der Waals surface area contributed by atoms with E-state index in [1.165, 1.54) is 12.3 Å². The zero-order chi connectivity index (χ0) is 18.5. The van der Waals surface area contributed by atoms with E-state index in [4.69, 9.17) is 0 Å². The van der Waals surface area contributed by atoms with Gasteiger partial charge >= 0.3 is 0 Å². The van der Waals surface area contributed by atoms with Crippen LogP contribution in [0.2, 0.25) is 0 Å². The van der Waals surface area contributed by atoms with Crippen LogP contribution in [-0.4, -0.2) is 37.0 Å². The van der Waals surface area contributed by atoms with Gasteiger partial charge in [0.15, 0.2) is 17.3 Å². The molecule has 1 N–H and O–H groups in total. The summed E-state index contributed by atoms with van der Waals surface area (Å²) in [6.45, 7) is 3.50. The van der Waals surface area contributed by atoms with Gasteiger partial charge in [0.2, 0.25) is 0 Å². The molecule has 1 fully saturated rings. The van der Waals surface area contributed by atoms with Crippen molar-refractivity contribution in [3.05, 3.63) is 58.8 Å². The minimum Gasteiger partial charge on any atom is -0.315 e. The molecule has 136 valence electrons. The van der Waals surface area contributed by atoms with Gasteiger partial charge in [0.1, 0.15) is 0 Å². The highest BCUT2D eigenvalue weighted by Gasteiger charge is 2.19. The summed E-state index contributed by atoms with van der Waals surface area (Å²) in [5.41, 5.74) is 1.98. The lowest BCUT2D eigenvalue weighted by Crippen LogP contribution is -2.26. The minimum atomic E-state index is -0.437. The Morgan fingerprint density at radius 2 is 2.19 bits per heavy atom. The fourth-order valence-corrected chi connectivity index (χ4v) is 3.65. The SMILES string of the molecule is Cc1cn2cc(-c3ncc4c(=O)n([C@H]5CCNC5)ccc4n3)cc(F)c2n1. The second kappa shape index (κ2) is 5.95. The van der Waals surface area contributed by atoms with E-state index in [0.29, 0.717) is 22.3 Å². The number of aromatic nitrogens is 5. The molecule has 0 saturated carbocycles. The average molecular weight is 364 g/mol. The Kier molecular flexibility index (Phi) is 3.54. The Bertz CT molecular complexity index is 1240. The van der Waals surface area contributed by atoms with Gasteiger partial charge < -0.3 is 14.3 Å². The van der Waals surface area contributed by atoms with Crippen molar-refractivity contribution in [1.82, 2.24) is 29.2 Å². The molecule has 0 radical (unpaired) electrons. The zero-order valence-electron chi connectivity index (χ0n) is 14.7. The Morgan fingerprint density at radius 3 is 3.00 bits per heavy atom. The van der Waals surface area contributed by atoms with Crippen LogP contribution in [0.25, 0.3) is 27.9 Å². The first-order valence-electron chi connectivity index (χ1n) is 8.84. The van der Waals surface area contributed by atoms with E-state index in [1.807, 2.05) is 13.0 Å². The fourth-order valence-electron chi connectivity index (χ4n) is 3.65. The van der Waals surface area contributed by atoms with Crippen molar-refractivity contribution in [2.45, 2.75) is 19.4 Å². The topological polar surface area (TPSA) is 77.1 Å². The molecule has 0 amide bonds. The number of rotatable bonds is 2. The Morgan fingerprint density at radius 1 is 1.30 bits per heavy atom. The highest BCUT2D eigenvalue weighted by atomic mass is 19.1. The van der Waals surface area contributed by atoms with Gasteiger partial charge in [-0.2, -0.15) is 0 Å². The summed E-state index contributed by atoms with van der Waals surface area (Å²) in [6.07, 6.45) is 7.72. The van der Waals surface area contributed by atoms with Gasteiger partial charge in [-0.15, -0.1) is 0 Å². The number of nitrogens with zero attached hydrogens (tertiary/aromatic N) is 5. The van der Waals surface area contributed by atoms with Crippen molar-refractivity contribution in [3.63, 3.8) is 0 Å². The van der Waals surface area contributed by atoms with Crippen molar-refractivity contribution in [3.8, 4) is 11.4 Å². The van der Waals surface area contributed by atoms with E-state index in [9.17, 15) is 9.18 Å². The van der Waals surface area contributed by atoms with Gasteiger partial charge in [0.25, 0.3) is 5.56 Å². The van der Waals surface area contributed by atoms with E-state index in [2.05, 4.69) is 20.3 Å². The predicted molar refractivity (Wildman–Crippen MR) is 99.2 cm³/mol. The van der Waals surface area contributed by atoms with E-state index < -0.39 is 5.82 Å². The standard InChI is InChI=1S/C19H17FN6O/c1-11-9-25-10-12(6-15(20)18(25)23-11)17-22-8-14-16(24-17)3-5-26(19(14)27)13-2-4-21-7-13/h3,5-6,8-10,13,21H,2,4,7H2,1H3/t13-/m0/s1. The van der Waals surface area contributed by atoms with Crippen LogP contribution < -0.4 is 10.9 Å². The van der Waals surface area contributed by atoms with E-state index >= 15 is 0 Å². The average Bonchev–Trinajstić information content (AvgIpc) is 3.31. The van der Waals surface area contributed by atoms with Gasteiger partial charge in [-0.05, 0) is 32.0 Å². The maximum atomic E-state index is 14.4. The third-order valence-electron chi connectivity index (χ3n) is 4.99. The molecule has 5 rings (SSSR count). The molecule has 1 atom stereocenters. The van der Waals surface area contributed by atoms with Gasteiger partial charge in [0.05, 0.1) is 22.6 Å². The monoisotopic (exact) mass is 364 g/mol.